The van der Waals surface area contributed by atoms with Gasteiger partial charge >= 0.3 is 0 Å². The molecular weight excluding hydrogens is 222 g/mol. The number of nitrogens with one attached hydrogen (secondary N) is 1. The van der Waals surface area contributed by atoms with Crippen molar-refractivity contribution in [3.63, 3.8) is 0 Å². The Labute approximate surface area is 110 Å². The van der Waals surface area contributed by atoms with Gasteiger partial charge in [0, 0.05) is 13.2 Å². The standard InChI is InChI=1S/C15H25N3/c1-3-9-16-15(13-8-10-17-18(13)2)14-11-6-4-5-7-12(11)14/h8,10-12,14-16H,3-7,9H2,1-2H3. The maximum absolute atomic E-state index is 4.35. The van der Waals surface area contributed by atoms with Crippen LogP contribution in [0.3, 0.4) is 0 Å². The van der Waals surface area contributed by atoms with Gasteiger partial charge in [-0.2, -0.15) is 5.10 Å². The van der Waals surface area contributed by atoms with Gasteiger partial charge in [0.05, 0.1) is 11.7 Å². The summed E-state index contributed by atoms with van der Waals surface area (Å²) in [6.07, 6.45) is 8.94. The third kappa shape index (κ3) is 2.09. The lowest BCUT2D eigenvalue weighted by molar-refractivity contribution is 0.420. The molecule has 2 aliphatic carbocycles. The van der Waals surface area contributed by atoms with Crippen LogP contribution in [0.2, 0.25) is 0 Å². The van der Waals surface area contributed by atoms with Gasteiger partial charge < -0.3 is 5.32 Å². The van der Waals surface area contributed by atoms with E-state index in [9.17, 15) is 0 Å². The molecule has 0 spiro atoms. The molecule has 1 heterocycles. The van der Waals surface area contributed by atoms with Gasteiger partial charge in [0.25, 0.3) is 0 Å². The maximum Gasteiger partial charge on any atom is 0.0553 e. The lowest BCUT2D eigenvalue weighted by atomic mass is 10.0. The average Bonchev–Trinajstić information content (AvgIpc) is 2.96. The second kappa shape index (κ2) is 5.04. The summed E-state index contributed by atoms with van der Waals surface area (Å²) in [5.74, 6) is 2.85. The quantitative estimate of drug-likeness (QED) is 0.867. The summed E-state index contributed by atoms with van der Waals surface area (Å²) in [5.41, 5.74) is 1.38. The van der Waals surface area contributed by atoms with E-state index in [4.69, 9.17) is 0 Å². The third-order valence-electron chi connectivity index (χ3n) is 4.90. The fraction of sp³-hybridized carbons (Fsp3) is 0.800. The molecule has 3 rings (SSSR count). The zero-order valence-electron chi connectivity index (χ0n) is 11.6. The Morgan fingerprint density at radius 3 is 2.67 bits per heavy atom. The van der Waals surface area contributed by atoms with Crippen LogP contribution in [0.25, 0.3) is 0 Å². The summed E-state index contributed by atoms with van der Waals surface area (Å²) in [4.78, 5) is 0. The molecule has 3 atom stereocenters. The monoisotopic (exact) mass is 247 g/mol. The van der Waals surface area contributed by atoms with Crippen LogP contribution in [0.5, 0.6) is 0 Å². The molecule has 1 N–H and O–H groups in total. The molecule has 0 saturated heterocycles. The maximum atomic E-state index is 4.35. The van der Waals surface area contributed by atoms with Crippen molar-refractivity contribution in [1.29, 1.82) is 0 Å². The number of rotatable bonds is 5. The van der Waals surface area contributed by atoms with Crippen molar-refractivity contribution in [2.75, 3.05) is 6.54 Å². The van der Waals surface area contributed by atoms with Crippen LogP contribution in [0.15, 0.2) is 12.3 Å². The SMILES string of the molecule is CCCNC(c1ccnn1C)C1C2CCCCC21. The smallest absolute Gasteiger partial charge is 0.0553 e. The lowest BCUT2D eigenvalue weighted by Crippen LogP contribution is -2.27. The predicted molar refractivity (Wildman–Crippen MR) is 73.2 cm³/mol. The minimum absolute atomic E-state index is 0.533. The van der Waals surface area contributed by atoms with E-state index in [0.717, 1.165) is 24.3 Å². The van der Waals surface area contributed by atoms with Crippen molar-refractivity contribution in [3.05, 3.63) is 18.0 Å². The highest BCUT2D eigenvalue weighted by Gasteiger charge is 2.54. The predicted octanol–water partition coefficient (Wildman–Crippen LogP) is 2.90. The van der Waals surface area contributed by atoms with Crippen molar-refractivity contribution in [3.8, 4) is 0 Å². The van der Waals surface area contributed by atoms with E-state index in [1.165, 1.54) is 37.8 Å². The molecule has 2 fully saturated rings. The molecule has 3 unspecified atom stereocenters. The highest BCUT2D eigenvalue weighted by molar-refractivity contribution is 5.16. The Morgan fingerprint density at radius 2 is 2.11 bits per heavy atom. The number of fused-ring (bicyclic) bond motifs is 1. The van der Waals surface area contributed by atoms with E-state index in [-0.39, 0.29) is 0 Å². The van der Waals surface area contributed by atoms with Gasteiger partial charge in [-0.3, -0.25) is 4.68 Å². The molecule has 18 heavy (non-hydrogen) atoms. The molecule has 1 aromatic heterocycles. The topological polar surface area (TPSA) is 29.9 Å². The average molecular weight is 247 g/mol. The summed E-state index contributed by atoms with van der Waals surface area (Å²) in [7, 11) is 2.07. The van der Waals surface area contributed by atoms with Crippen molar-refractivity contribution >= 4 is 0 Å². The molecule has 0 aromatic carbocycles. The second-order valence-corrected chi connectivity index (χ2v) is 6.00. The van der Waals surface area contributed by atoms with E-state index >= 15 is 0 Å². The molecule has 3 heteroatoms. The van der Waals surface area contributed by atoms with Crippen LogP contribution in [0, 0.1) is 17.8 Å². The molecule has 100 valence electrons. The Bertz CT molecular complexity index is 386. The first-order chi connectivity index (χ1) is 8.83. The molecule has 3 nitrogen and oxygen atoms in total. The number of nitrogens with zero attached hydrogens (tertiary/aromatic N) is 2. The summed E-state index contributed by atoms with van der Waals surface area (Å²) in [6.45, 7) is 3.36. The largest absolute Gasteiger partial charge is 0.308 e. The molecular formula is C15H25N3. The summed E-state index contributed by atoms with van der Waals surface area (Å²) in [6, 6.07) is 2.73. The number of aromatic nitrogens is 2. The lowest BCUT2D eigenvalue weighted by Gasteiger charge is -2.19. The van der Waals surface area contributed by atoms with E-state index < -0.39 is 0 Å². The van der Waals surface area contributed by atoms with Crippen LogP contribution in [0.4, 0.5) is 0 Å². The highest BCUT2D eigenvalue weighted by atomic mass is 15.3. The molecule has 1 aromatic rings. The fourth-order valence-corrected chi connectivity index (χ4v) is 3.97. The van der Waals surface area contributed by atoms with E-state index in [1.807, 2.05) is 6.20 Å². The third-order valence-corrected chi connectivity index (χ3v) is 4.90. The van der Waals surface area contributed by atoms with Gasteiger partial charge in [-0.15, -0.1) is 0 Å². The molecule has 0 amide bonds. The number of aryl methyl sites for hydroxylation is 1. The van der Waals surface area contributed by atoms with Gasteiger partial charge in [0.15, 0.2) is 0 Å². The zero-order valence-corrected chi connectivity index (χ0v) is 11.6. The Balaban J connectivity index is 1.76. The van der Waals surface area contributed by atoms with Crippen molar-refractivity contribution < 1.29 is 0 Å². The first-order valence-corrected chi connectivity index (χ1v) is 7.54. The van der Waals surface area contributed by atoms with Crippen LogP contribution in [-0.4, -0.2) is 16.3 Å². The van der Waals surface area contributed by atoms with E-state index in [2.05, 4.69) is 35.1 Å². The van der Waals surface area contributed by atoms with Gasteiger partial charge in [0.1, 0.15) is 0 Å². The van der Waals surface area contributed by atoms with Crippen LogP contribution in [0.1, 0.15) is 50.8 Å². The molecule has 0 bridgehead atoms. The highest BCUT2D eigenvalue weighted by Crippen LogP contribution is 2.60. The Morgan fingerprint density at radius 1 is 1.39 bits per heavy atom. The summed E-state index contributed by atoms with van der Waals surface area (Å²) >= 11 is 0. The first-order valence-electron chi connectivity index (χ1n) is 7.54. The molecule has 2 saturated carbocycles. The van der Waals surface area contributed by atoms with Gasteiger partial charge in [0.2, 0.25) is 0 Å². The number of hydrogen-bond acceptors (Lipinski definition) is 2. The second-order valence-electron chi connectivity index (χ2n) is 6.00. The van der Waals surface area contributed by atoms with Crippen molar-refractivity contribution in [1.82, 2.24) is 15.1 Å². The minimum Gasteiger partial charge on any atom is -0.308 e. The van der Waals surface area contributed by atoms with Gasteiger partial charge in [-0.25, -0.2) is 0 Å². The van der Waals surface area contributed by atoms with Crippen LogP contribution in [-0.2, 0) is 7.05 Å². The van der Waals surface area contributed by atoms with Crippen LogP contribution < -0.4 is 5.32 Å². The summed E-state index contributed by atoms with van der Waals surface area (Å²) in [5, 5.41) is 8.12. The zero-order chi connectivity index (χ0) is 12.5. The van der Waals surface area contributed by atoms with Crippen LogP contribution >= 0.6 is 0 Å². The summed E-state index contributed by atoms with van der Waals surface area (Å²) < 4.78 is 2.05. The van der Waals surface area contributed by atoms with Gasteiger partial charge in [-0.05, 0) is 49.6 Å². The Kier molecular flexibility index (Phi) is 3.42. The van der Waals surface area contributed by atoms with Gasteiger partial charge in [-0.1, -0.05) is 19.8 Å². The number of hydrogen-bond donors (Lipinski definition) is 1. The molecule has 0 radical (unpaired) electrons. The van der Waals surface area contributed by atoms with E-state index in [0.29, 0.717) is 6.04 Å². The fourth-order valence-electron chi connectivity index (χ4n) is 3.97. The van der Waals surface area contributed by atoms with Crippen molar-refractivity contribution in [2.24, 2.45) is 24.8 Å². The first kappa shape index (κ1) is 12.2. The van der Waals surface area contributed by atoms with Crippen molar-refractivity contribution in [2.45, 2.75) is 45.1 Å². The molecule has 2 aliphatic rings. The Hall–Kier alpha value is -0.830. The molecule has 0 aliphatic heterocycles. The van der Waals surface area contributed by atoms with E-state index in [1.54, 1.807) is 0 Å². The minimum atomic E-state index is 0.533. The normalized spacial score (nSPS) is 32.0.